The number of fused-ring (bicyclic) bond motifs is 1. The minimum absolute atomic E-state index is 0.150. The van der Waals surface area contributed by atoms with Crippen LogP contribution in [0.25, 0.3) is 22.6 Å². The first kappa shape index (κ1) is 26.7. The number of pyridine rings is 1. The van der Waals surface area contributed by atoms with E-state index in [-0.39, 0.29) is 12.1 Å². The summed E-state index contributed by atoms with van der Waals surface area (Å²) in [6.07, 6.45) is 1.77. The highest BCUT2D eigenvalue weighted by Crippen LogP contribution is 2.25. The van der Waals surface area contributed by atoms with E-state index in [4.69, 9.17) is 14.5 Å². The number of hydrogen-bond donors (Lipinski definition) is 0. The molecule has 3 heterocycles. The number of likely N-dealkylation sites (N-methyl/N-ethyl adjacent to an activating group) is 1. The molecule has 3 aromatic heterocycles. The van der Waals surface area contributed by atoms with Gasteiger partial charge in [0.2, 0.25) is 0 Å². The van der Waals surface area contributed by atoms with Crippen molar-refractivity contribution in [3.63, 3.8) is 0 Å². The highest BCUT2D eigenvalue weighted by molar-refractivity contribution is 5.77. The van der Waals surface area contributed by atoms with Crippen molar-refractivity contribution in [3.05, 3.63) is 99.3 Å². The topological polar surface area (TPSA) is 96.4 Å². The smallest absolute Gasteiger partial charge is 0.332 e. The van der Waals surface area contributed by atoms with Crippen LogP contribution < -0.4 is 25.6 Å². The Hall–Kier alpha value is -4.86. The quantitative estimate of drug-likeness (QED) is 0.267. The van der Waals surface area contributed by atoms with Gasteiger partial charge in [0.1, 0.15) is 29.7 Å². The number of benzene rings is 2. The maximum atomic E-state index is 13.6. The second kappa shape index (κ2) is 11.5. The lowest BCUT2D eigenvalue weighted by molar-refractivity contribution is 0.325. The normalized spacial score (nSPS) is 11.1. The number of imidazole rings is 1. The van der Waals surface area contributed by atoms with Crippen molar-refractivity contribution in [2.24, 2.45) is 7.05 Å². The maximum Gasteiger partial charge on any atom is 0.332 e. The number of aryl methyl sites for hydroxylation is 2. The Morgan fingerprint density at radius 2 is 1.65 bits per heavy atom. The van der Waals surface area contributed by atoms with Gasteiger partial charge in [-0.2, -0.15) is 0 Å². The van der Waals surface area contributed by atoms with Gasteiger partial charge in [-0.3, -0.25) is 13.9 Å². The molecule has 40 heavy (non-hydrogen) atoms. The summed E-state index contributed by atoms with van der Waals surface area (Å²) < 4.78 is 15.7. The van der Waals surface area contributed by atoms with E-state index in [1.807, 2.05) is 90.2 Å². The maximum absolute atomic E-state index is 13.6. The van der Waals surface area contributed by atoms with Crippen molar-refractivity contribution in [1.29, 1.82) is 0 Å². The van der Waals surface area contributed by atoms with Crippen LogP contribution in [0.1, 0.15) is 12.5 Å². The minimum atomic E-state index is -0.417. The van der Waals surface area contributed by atoms with Gasteiger partial charge in [-0.05, 0) is 61.0 Å². The molecular weight excluding hydrogens is 508 g/mol. The molecule has 5 rings (SSSR count). The predicted molar refractivity (Wildman–Crippen MR) is 155 cm³/mol. The second-order valence-electron chi connectivity index (χ2n) is 9.42. The third-order valence-electron chi connectivity index (χ3n) is 6.90. The van der Waals surface area contributed by atoms with Crippen LogP contribution in [0, 0.1) is 0 Å². The van der Waals surface area contributed by atoms with Gasteiger partial charge >= 0.3 is 5.69 Å². The van der Waals surface area contributed by atoms with E-state index < -0.39 is 5.69 Å². The monoisotopic (exact) mass is 540 g/mol. The largest absolute Gasteiger partial charge is 0.497 e. The van der Waals surface area contributed by atoms with Crippen LogP contribution in [0.3, 0.4) is 0 Å². The highest BCUT2D eigenvalue weighted by atomic mass is 16.5. The van der Waals surface area contributed by atoms with Crippen molar-refractivity contribution < 1.29 is 9.47 Å². The summed E-state index contributed by atoms with van der Waals surface area (Å²) in [5.41, 5.74) is 1.61. The fourth-order valence-electron chi connectivity index (χ4n) is 4.65. The molecule has 10 heteroatoms. The van der Waals surface area contributed by atoms with E-state index in [2.05, 4.69) is 4.98 Å². The Morgan fingerprint density at radius 1 is 0.925 bits per heavy atom. The average molecular weight is 541 g/mol. The van der Waals surface area contributed by atoms with Crippen LogP contribution in [0.4, 0.5) is 5.82 Å². The van der Waals surface area contributed by atoms with E-state index in [0.29, 0.717) is 42.4 Å². The first-order valence-corrected chi connectivity index (χ1v) is 13.1. The minimum Gasteiger partial charge on any atom is -0.497 e. The molecule has 5 aromatic rings. The van der Waals surface area contributed by atoms with Crippen LogP contribution in [-0.4, -0.2) is 51.0 Å². The Morgan fingerprint density at radius 3 is 2.30 bits per heavy atom. The third kappa shape index (κ3) is 5.20. The standard InChI is InChI=1S/C30H32N6O4/c1-5-35-26-28(34(3)30(38)36(29(26)37)20-21-9-13-23(39-4)14-10-21)32-27(35)22-11-15-24(16-12-22)40-19-18-33(2)25-8-6-7-17-31-25/h6-17H,5,18-20H2,1-4H3. The number of nitrogens with zero attached hydrogens (tertiary/aromatic N) is 6. The summed E-state index contributed by atoms with van der Waals surface area (Å²) >= 11 is 0. The summed E-state index contributed by atoms with van der Waals surface area (Å²) in [6.45, 7) is 3.80. The third-order valence-corrected chi connectivity index (χ3v) is 6.90. The van der Waals surface area contributed by atoms with Crippen molar-refractivity contribution in [2.45, 2.75) is 20.0 Å². The number of rotatable bonds is 10. The van der Waals surface area contributed by atoms with Gasteiger partial charge in [-0.25, -0.2) is 14.8 Å². The van der Waals surface area contributed by atoms with E-state index >= 15 is 0 Å². The summed E-state index contributed by atoms with van der Waals surface area (Å²) in [6, 6.07) is 20.7. The number of hydrogen-bond acceptors (Lipinski definition) is 7. The van der Waals surface area contributed by atoms with Crippen LogP contribution in [-0.2, 0) is 20.1 Å². The van der Waals surface area contributed by atoms with Gasteiger partial charge in [0, 0.05) is 32.4 Å². The molecule has 0 aliphatic rings. The molecule has 0 N–H and O–H groups in total. The molecule has 0 aliphatic carbocycles. The lowest BCUT2D eigenvalue weighted by Gasteiger charge is -2.18. The first-order chi connectivity index (χ1) is 19.4. The number of ether oxygens (including phenoxy) is 2. The van der Waals surface area contributed by atoms with Crippen molar-refractivity contribution >= 4 is 17.0 Å². The molecule has 0 saturated heterocycles. The van der Waals surface area contributed by atoms with Gasteiger partial charge in [0.05, 0.1) is 20.2 Å². The zero-order chi connectivity index (χ0) is 28.2. The Kier molecular flexibility index (Phi) is 7.68. The fraction of sp³-hybridized carbons (Fsp3) is 0.267. The number of anilines is 1. The fourth-order valence-corrected chi connectivity index (χ4v) is 4.65. The number of methoxy groups -OCH3 is 1. The summed E-state index contributed by atoms with van der Waals surface area (Å²) in [5, 5.41) is 0. The molecule has 0 unspecified atom stereocenters. The molecule has 0 radical (unpaired) electrons. The van der Waals surface area contributed by atoms with Gasteiger partial charge in [0.15, 0.2) is 11.2 Å². The van der Waals surface area contributed by atoms with E-state index in [1.165, 1.54) is 9.13 Å². The Labute approximate surface area is 231 Å². The average Bonchev–Trinajstić information content (AvgIpc) is 3.39. The van der Waals surface area contributed by atoms with Crippen LogP contribution in [0.15, 0.2) is 82.5 Å². The molecule has 0 fully saturated rings. The van der Waals surface area contributed by atoms with Gasteiger partial charge < -0.3 is 18.9 Å². The van der Waals surface area contributed by atoms with Crippen molar-refractivity contribution in [2.75, 3.05) is 32.2 Å². The molecule has 0 bridgehead atoms. The zero-order valence-corrected chi connectivity index (χ0v) is 23.1. The zero-order valence-electron chi connectivity index (χ0n) is 23.1. The van der Waals surface area contributed by atoms with Gasteiger partial charge in [0.25, 0.3) is 5.56 Å². The molecule has 10 nitrogen and oxygen atoms in total. The van der Waals surface area contributed by atoms with Crippen molar-refractivity contribution in [1.82, 2.24) is 23.7 Å². The van der Waals surface area contributed by atoms with Crippen LogP contribution >= 0.6 is 0 Å². The van der Waals surface area contributed by atoms with E-state index in [0.717, 1.165) is 22.7 Å². The molecule has 2 aromatic carbocycles. The second-order valence-corrected chi connectivity index (χ2v) is 9.42. The molecule has 0 aliphatic heterocycles. The van der Waals surface area contributed by atoms with Crippen LogP contribution in [0.2, 0.25) is 0 Å². The summed E-state index contributed by atoms with van der Waals surface area (Å²) in [5.74, 6) is 2.94. The molecule has 206 valence electrons. The van der Waals surface area contributed by atoms with Gasteiger partial charge in [-0.1, -0.05) is 18.2 Å². The SMILES string of the molecule is CCn1c(-c2ccc(OCCN(C)c3ccccn3)cc2)nc2c1c(=O)n(Cc1ccc(OC)cc1)c(=O)n2C. The summed E-state index contributed by atoms with van der Waals surface area (Å²) in [4.78, 5) is 37.9. The van der Waals surface area contributed by atoms with E-state index in [9.17, 15) is 9.59 Å². The molecular formula is C30H32N6O4. The van der Waals surface area contributed by atoms with Crippen molar-refractivity contribution in [3.8, 4) is 22.9 Å². The predicted octanol–water partition coefficient (Wildman–Crippen LogP) is 3.55. The molecule has 0 amide bonds. The highest BCUT2D eigenvalue weighted by Gasteiger charge is 2.20. The van der Waals surface area contributed by atoms with E-state index in [1.54, 1.807) is 20.4 Å². The lowest BCUT2D eigenvalue weighted by Crippen LogP contribution is -2.39. The first-order valence-electron chi connectivity index (χ1n) is 13.1. The lowest BCUT2D eigenvalue weighted by atomic mass is 10.2. The Balaban J connectivity index is 1.40. The Bertz CT molecular complexity index is 1720. The number of aromatic nitrogens is 5. The molecule has 0 spiro atoms. The molecule has 0 saturated carbocycles. The summed E-state index contributed by atoms with van der Waals surface area (Å²) in [7, 11) is 5.21. The van der Waals surface area contributed by atoms with Crippen LogP contribution in [0.5, 0.6) is 11.5 Å². The van der Waals surface area contributed by atoms with Gasteiger partial charge in [-0.15, -0.1) is 0 Å². The molecule has 0 atom stereocenters.